The van der Waals surface area contributed by atoms with Crippen molar-refractivity contribution in [2.24, 2.45) is 0 Å². The average molecular weight is 282 g/mol. The maximum absolute atomic E-state index is 2.42. The van der Waals surface area contributed by atoms with Crippen molar-refractivity contribution < 1.29 is 0 Å². The molecular weight excluding hydrogens is 256 g/mol. The molecule has 0 radical (unpaired) electrons. The third-order valence-electron chi connectivity index (χ3n) is 4.74. The first kappa shape index (κ1) is 14.6. The highest BCUT2D eigenvalue weighted by molar-refractivity contribution is 5.73. The van der Waals surface area contributed by atoms with Gasteiger partial charge in [-0.1, -0.05) is 29.9 Å². The SMILES string of the molecule is CC(C1=Cc2cc3c(cc2C1)C=C(CN(C)C)C3)N(C)C. The summed E-state index contributed by atoms with van der Waals surface area (Å²) in [6.07, 6.45) is 7.03. The molecule has 0 aliphatic heterocycles. The Hall–Kier alpha value is -1.38. The lowest BCUT2D eigenvalue weighted by molar-refractivity contribution is 0.349. The number of benzene rings is 1. The molecule has 0 spiro atoms. The number of hydrogen-bond acceptors (Lipinski definition) is 2. The van der Waals surface area contributed by atoms with Crippen LogP contribution in [-0.4, -0.2) is 50.6 Å². The van der Waals surface area contributed by atoms with E-state index >= 15 is 0 Å². The number of likely N-dealkylation sites (N-methyl/N-ethyl adjacent to an activating group) is 2. The van der Waals surface area contributed by atoms with Crippen molar-refractivity contribution in [3.8, 4) is 0 Å². The number of fused-ring (bicyclic) bond motifs is 2. The van der Waals surface area contributed by atoms with E-state index < -0.39 is 0 Å². The highest BCUT2D eigenvalue weighted by Gasteiger charge is 2.22. The first-order valence-electron chi connectivity index (χ1n) is 7.81. The summed E-state index contributed by atoms with van der Waals surface area (Å²) in [6.45, 7) is 3.36. The van der Waals surface area contributed by atoms with Crippen LogP contribution >= 0.6 is 0 Å². The Kier molecular flexibility index (Phi) is 3.76. The molecule has 2 heteroatoms. The summed E-state index contributed by atoms with van der Waals surface area (Å²) in [4.78, 5) is 4.54. The molecule has 1 atom stereocenters. The molecule has 0 bridgehead atoms. The Morgan fingerprint density at radius 3 is 2.19 bits per heavy atom. The van der Waals surface area contributed by atoms with Gasteiger partial charge in [0.15, 0.2) is 0 Å². The summed E-state index contributed by atoms with van der Waals surface area (Å²) < 4.78 is 0. The van der Waals surface area contributed by atoms with E-state index in [9.17, 15) is 0 Å². The lowest BCUT2D eigenvalue weighted by Gasteiger charge is -2.20. The second-order valence-electron chi connectivity index (χ2n) is 7.00. The van der Waals surface area contributed by atoms with Crippen LogP contribution in [0.3, 0.4) is 0 Å². The quantitative estimate of drug-likeness (QED) is 0.837. The molecule has 2 aliphatic carbocycles. The average Bonchev–Trinajstić information content (AvgIpc) is 2.95. The molecule has 0 aromatic heterocycles. The summed E-state index contributed by atoms with van der Waals surface area (Å²) >= 11 is 0. The van der Waals surface area contributed by atoms with Gasteiger partial charge < -0.3 is 9.80 Å². The van der Waals surface area contributed by atoms with E-state index in [1.165, 1.54) is 33.4 Å². The standard InChI is InChI=1S/C19H26N2/c1-13(21(4)5)15-8-18-10-16-6-14(12-20(2)3)7-17(16)11-19(18)9-15/h6,9-11,13H,7-8,12H2,1-5H3. The van der Waals surface area contributed by atoms with E-state index in [0.29, 0.717) is 6.04 Å². The van der Waals surface area contributed by atoms with Crippen LogP contribution in [0.15, 0.2) is 23.3 Å². The van der Waals surface area contributed by atoms with Crippen LogP contribution in [0.2, 0.25) is 0 Å². The molecule has 3 rings (SSSR count). The third-order valence-corrected chi connectivity index (χ3v) is 4.74. The maximum Gasteiger partial charge on any atom is 0.0279 e. The number of rotatable bonds is 4. The fourth-order valence-corrected chi connectivity index (χ4v) is 3.40. The van der Waals surface area contributed by atoms with Gasteiger partial charge in [0, 0.05) is 12.6 Å². The van der Waals surface area contributed by atoms with Crippen molar-refractivity contribution in [2.45, 2.75) is 25.8 Å². The van der Waals surface area contributed by atoms with Gasteiger partial charge in [-0.15, -0.1) is 0 Å². The second-order valence-corrected chi connectivity index (χ2v) is 7.00. The molecule has 0 amide bonds. The van der Waals surface area contributed by atoms with Crippen LogP contribution in [0.4, 0.5) is 0 Å². The lowest BCUT2D eigenvalue weighted by Crippen LogP contribution is -2.26. The third kappa shape index (κ3) is 2.83. The molecule has 1 aromatic rings. The Morgan fingerprint density at radius 1 is 0.952 bits per heavy atom. The number of nitrogens with zero attached hydrogens (tertiary/aromatic N) is 2. The van der Waals surface area contributed by atoms with Gasteiger partial charge in [-0.25, -0.2) is 0 Å². The first-order valence-corrected chi connectivity index (χ1v) is 7.81. The smallest absolute Gasteiger partial charge is 0.0279 e. The van der Waals surface area contributed by atoms with Gasteiger partial charge >= 0.3 is 0 Å². The zero-order valence-electron chi connectivity index (χ0n) is 13.9. The topological polar surface area (TPSA) is 6.48 Å². The molecule has 21 heavy (non-hydrogen) atoms. The predicted molar refractivity (Wildman–Crippen MR) is 91.5 cm³/mol. The highest BCUT2D eigenvalue weighted by Crippen LogP contribution is 2.34. The number of hydrogen-bond donors (Lipinski definition) is 0. The van der Waals surface area contributed by atoms with Crippen molar-refractivity contribution in [3.05, 3.63) is 45.5 Å². The minimum Gasteiger partial charge on any atom is -0.305 e. The van der Waals surface area contributed by atoms with Gasteiger partial charge in [0.25, 0.3) is 0 Å². The monoisotopic (exact) mass is 282 g/mol. The fourth-order valence-electron chi connectivity index (χ4n) is 3.40. The molecule has 0 saturated heterocycles. The largest absolute Gasteiger partial charge is 0.305 e. The van der Waals surface area contributed by atoms with Crippen LogP contribution in [-0.2, 0) is 12.8 Å². The van der Waals surface area contributed by atoms with Gasteiger partial charge in [0.2, 0.25) is 0 Å². The van der Waals surface area contributed by atoms with E-state index in [0.717, 1.165) is 19.4 Å². The van der Waals surface area contributed by atoms with E-state index in [-0.39, 0.29) is 0 Å². The lowest BCUT2D eigenvalue weighted by atomic mass is 10.0. The zero-order chi connectivity index (χ0) is 15.1. The zero-order valence-corrected chi connectivity index (χ0v) is 13.9. The minimum atomic E-state index is 0.520. The fraction of sp³-hybridized carbons (Fsp3) is 0.474. The van der Waals surface area contributed by atoms with E-state index in [4.69, 9.17) is 0 Å². The van der Waals surface area contributed by atoms with Crippen molar-refractivity contribution >= 4 is 12.2 Å². The Bertz CT molecular complexity index is 621. The normalized spacial score (nSPS) is 17.9. The van der Waals surface area contributed by atoms with Crippen LogP contribution < -0.4 is 0 Å². The molecule has 0 N–H and O–H groups in total. The molecule has 0 fully saturated rings. The first-order chi connectivity index (χ1) is 9.94. The second kappa shape index (κ2) is 5.43. The summed E-state index contributed by atoms with van der Waals surface area (Å²) in [7, 11) is 8.60. The summed E-state index contributed by atoms with van der Waals surface area (Å²) in [5.41, 5.74) is 8.95. The molecule has 2 aliphatic rings. The molecular formula is C19H26N2. The van der Waals surface area contributed by atoms with Crippen LogP contribution in [0.1, 0.15) is 29.2 Å². The molecule has 1 unspecified atom stereocenters. The van der Waals surface area contributed by atoms with Crippen molar-refractivity contribution in [1.29, 1.82) is 0 Å². The Balaban J connectivity index is 1.82. The van der Waals surface area contributed by atoms with E-state index in [1.54, 1.807) is 0 Å². The van der Waals surface area contributed by atoms with Crippen molar-refractivity contribution in [2.75, 3.05) is 34.7 Å². The molecule has 1 aromatic carbocycles. The van der Waals surface area contributed by atoms with Gasteiger partial charge in [-0.2, -0.15) is 0 Å². The Labute approximate surface area is 128 Å². The maximum atomic E-state index is 2.42. The van der Waals surface area contributed by atoms with Crippen LogP contribution in [0.25, 0.3) is 12.2 Å². The minimum absolute atomic E-state index is 0.520. The summed E-state index contributed by atoms with van der Waals surface area (Å²) in [5, 5.41) is 0. The van der Waals surface area contributed by atoms with Gasteiger partial charge in [0.05, 0.1) is 0 Å². The molecule has 2 nitrogen and oxygen atoms in total. The van der Waals surface area contributed by atoms with Crippen molar-refractivity contribution in [1.82, 2.24) is 9.80 Å². The van der Waals surface area contributed by atoms with Crippen molar-refractivity contribution in [3.63, 3.8) is 0 Å². The van der Waals surface area contributed by atoms with E-state index in [1.807, 2.05) is 0 Å². The van der Waals surface area contributed by atoms with E-state index in [2.05, 4.69) is 69.2 Å². The van der Waals surface area contributed by atoms with Gasteiger partial charge in [-0.05, 0) is 75.8 Å². The van der Waals surface area contributed by atoms with Gasteiger partial charge in [-0.3, -0.25) is 0 Å². The molecule has 0 saturated carbocycles. The summed E-state index contributed by atoms with van der Waals surface area (Å²) in [6, 6.07) is 5.35. The Morgan fingerprint density at radius 2 is 1.57 bits per heavy atom. The molecule has 0 heterocycles. The van der Waals surface area contributed by atoms with Crippen LogP contribution in [0, 0.1) is 0 Å². The molecule has 112 valence electrons. The van der Waals surface area contributed by atoms with Crippen LogP contribution in [0.5, 0.6) is 0 Å². The van der Waals surface area contributed by atoms with Gasteiger partial charge in [0.1, 0.15) is 0 Å². The highest BCUT2D eigenvalue weighted by atomic mass is 15.1. The predicted octanol–water partition coefficient (Wildman–Crippen LogP) is 3.08. The summed E-state index contributed by atoms with van der Waals surface area (Å²) in [5.74, 6) is 0.